The van der Waals surface area contributed by atoms with Crippen molar-refractivity contribution >= 4 is 57.0 Å². The summed E-state index contributed by atoms with van der Waals surface area (Å²) in [5, 5.41) is 0. The first kappa shape index (κ1) is 34.5. The van der Waals surface area contributed by atoms with Crippen molar-refractivity contribution in [1.29, 1.82) is 0 Å². The van der Waals surface area contributed by atoms with Crippen LogP contribution in [0.2, 0.25) is 0 Å². The molecule has 0 saturated carbocycles. The maximum absolute atomic E-state index is 12.0. The Morgan fingerprint density at radius 3 is 0.975 bits per heavy atom. The molecule has 2 aliphatic rings. The summed E-state index contributed by atoms with van der Waals surface area (Å²) in [6.45, 7) is 0. The lowest BCUT2D eigenvalue weighted by atomic mass is 10.1. The largest absolute Gasteiger partial charge is 0.274 e. The highest BCUT2D eigenvalue weighted by atomic mass is 33.1. The van der Waals surface area contributed by atoms with Crippen molar-refractivity contribution in [3.63, 3.8) is 0 Å². The number of amides is 6. The molecule has 10 heteroatoms. The first-order valence-electron chi connectivity index (χ1n) is 15.4. The van der Waals surface area contributed by atoms with Crippen LogP contribution in [0.3, 0.4) is 0 Å². The van der Waals surface area contributed by atoms with E-state index in [1.807, 2.05) is 21.6 Å². The van der Waals surface area contributed by atoms with Gasteiger partial charge in [-0.05, 0) is 25.7 Å². The van der Waals surface area contributed by atoms with Gasteiger partial charge in [-0.2, -0.15) is 0 Å². The van der Waals surface area contributed by atoms with Crippen molar-refractivity contribution in [2.45, 2.75) is 141 Å². The van der Waals surface area contributed by atoms with Gasteiger partial charge >= 0.3 is 0 Å². The molecule has 8 nitrogen and oxygen atoms in total. The van der Waals surface area contributed by atoms with E-state index in [-0.39, 0.29) is 61.1 Å². The fourth-order valence-electron chi connectivity index (χ4n) is 5.05. The molecule has 0 aliphatic carbocycles. The normalized spacial score (nSPS) is 15.6. The molecule has 0 bridgehead atoms. The number of hydrogen-bond donors (Lipinski definition) is 0. The van der Waals surface area contributed by atoms with Gasteiger partial charge in [-0.25, -0.2) is 9.80 Å². The molecule has 40 heavy (non-hydrogen) atoms. The smallest absolute Gasteiger partial charge is 0.236 e. The third kappa shape index (κ3) is 13.8. The van der Waals surface area contributed by atoms with Crippen LogP contribution in [0.25, 0.3) is 0 Å². The zero-order valence-electron chi connectivity index (χ0n) is 24.1. The molecule has 6 amide bonds. The SMILES string of the molecule is O=C(CCCCCCCCCCSSCCCCCCCCCCC(=O)N1C(=O)CCC1=O)N1C(=O)CCC1=O. The van der Waals surface area contributed by atoms with Gasteiger partial charge in [0.1, 0.15) is 0 Å². The molecular formula is C30H48N2O6S2. The molecule has 2 rings (SSSR count). The summed E-state index contributed by atoms with van der Waals surface area (Å²) in [5.74, 6) is 0.421. The van der Waals surface area contributed by atoms with Crippen LogP contribution in [0.15, 0.2) is 0 Å². The lowest BCUT2D eigenvalue weighted by Crippen LogP contribution is -2.35. The van der Waals surface area contributed by atoms with Crippen molar-refractivity contribution in [3.05, 3.63) is 0 Å². The van der Waals surface area contributed by atoms with Gasteiger partial charge in [0, 0.05) is 50.0 Å². The Labute approximate surface area is 247 Å². The molecule has 2 aliphatic heterocycles. The van der Waals surface area contributed by atoms with Crippen LogP contribution in [0, 0.1) is 0 Å². The second-order valence-corrected chi connectivity index (χ2v) is 13.5. The van der Waals surface area contributed by atoms with Gasteiger partial charge < -0.3 is 0 Å². The minimum atomic E-state index is -0.339. The predicted octanol–water partition coefficient (Wildman–Crippen LogP) is 6.74. The maximum atomic E-state index is 12.0. The van der Waals surface area contributed by atoms with Crippen molar-refractivity contribution in [1.82, 2.24) is 9.80 Å². The Hall–Kier alpha value is -1.68. The Kier molecular flexibility index (Phi) is 18.2. The highest BCUT2D eigenvalue weighted by Crippen LogP contribution is 2.25. The summed E-state index contributed by atoms with van der Waals surface area (Å²) in [7, 11) is 3.98. The number of rotatable bonds is 23. The second-order valence-electron chi connectivity index (χ2n) is 10.8. The third-order valence-electron chi connectivity index (χ3n) is 7.42. The van der Waals surface area contributed by atoms with E-state index >= 15 is 0 Å². The average molecular weight is 597 g/mol. The molecule has 2 saturated heterocycles. The Morgan fingerprint density at radius 2 is 0.675 bits per heavy atom. The van der Waals surface area contributed by atoms with Gasteiger partial charge in [0.05, 0.1) is 0 Å². The van der Waals surface area contributed by atoms with Crippen molar-refractivity contribution < 1.29 is 28.8 Å². The minimum absolute atomic E-state index is 0.176. The van der Waals surface area contributed by atoms with E-state index in [1.165, 1.54) is 75.7 Å². The van der Waals surface area contributed by atoms with Gasteiger partial charge in [-0.15, -0.1) is 0 Å². The van der Waals surface area contributed by atoms with Gasteiger partial charge in [0.25, 0.3) is 0 Å². The highest BCUT2D eigenvalue weighted by molar-refractivity contribution is 8.76. The molecule has 0 radical (unpaired) electrons. The van der Waals surface area contributed by atoms with E-state index in [0.29, 0.717) is 12.8 Å². The van der Waals surface area contributed by atoms with E-state index in [0.717, 1.165) is 48.3 Å². The molecule has 0 aromatic heterocycles. The summed E-state index contributed by atoms with van der Waals surface area (Å²) in [6.07, 6.45) is 19.4. The van der Waals surface area contributed by atoms with Crippen molar-refractivity contribution in [2.24, 2.45) is 0 Å². The summed E-state index contributed by atoms with van der Waals surface area (Å²) >= 11 is 0. The van der Waals surface area contributed by atoms with Gasteiger partial charge in [0.2, 0.25) is 35.4 Å². The number of imide groups is 6. The third-order valence-corrected chi connectivity index (χ3v) is 10.00. The Morgan fingerprint density at radius 1 is 0.425 bits per heavy atom. The molecule has 226 valence electrons. The quantitative estimate of drug-likeness (QED) is 0.0725. The number of carbonyl (C=O) groups excluding carboxylic acids is 6. The second kappa shape index (κ2) is 21.1. The van der Waals surface area contributed by atoms with Crippen LogP contribution in [0.4, 0.5) is 0 Å². The Balaban J connectivity index is 1.23. The Bertz CT molecular complexity index is 750. The molecule has 0 atom stereocenters. The molecule has 0 unspecified atom stereocenters. The number of hydrogen-bond acceptors (Lipinski definition) is 8. The summed E-state index contributed by atoms with van der Waals surface area (Å²) < 4.78 is 0. The molecule has 0 N–H and O–H groups in total. The fourth-order valence-corrected chi connectivity index (χ4v) is 7.34. The van der Waals surface area contributed by atoms with Crippen LogP contribution in [0.1, 0.15) is 141 Å². The monoisotopic (exact) mass is 596 g/mol. The van der Waals surface area contributed by atoms with Crippen molar-refractivity contribution in [3.8, 4) is 0 Å². The molecule has 2 fully saturated rings. The van der Waals surface area contributed by atoms with E-state index in [4.69, 9.17) is 0 Å². The van der Waals surface area contributed by atoms with E-state index in [1.54, 1.807) is 0 Å². The van der Waals surface area contributed by atoms with E-state index in [2.05, 4.69) is 0 Å². The molecule has 0 aromatic rings. The zero-order chi connectivity index (χ0) is 29.0. The maximum Gasteiger partial charge on any atom is 0.236 e. The molecular weight excluding hydrogens is 548 g/mol. The average Bonchev–Trinajstić information content (AvgIpc) is 3.45. The lowest BCUT2D eigenvalue weighted by Gasteiger charge is -2.11. The standard InChI is InChI=1S/C30H48N2O6S2/c33-25(31-27(35)19-20-28(31)36)17-13-9-5-1-3-7-11-15-23-39-40-24-16-12-8-4-2-6-10-14-18-26(34)32-29(37)21-22-30(32)38/h1-24H2. The number of carbonyl (C=O) groups is 6. The van der Waals surface area contributed by atoms with Crippen LogP contribution >= 0.6 is 21.6 Å². The first-order valence-corrected chi connectivity index (χ1v) is 17.9. The minimum Gasteiger partial charge on any atom is -0.274 e. The van der Waals surface area contributed by atoms with Crippen LogP contribution in [0.5, 0.6) is 0 Å². The number of nitrogens with zero attached hydrogens (tertiary/aromatic N) is 2. The van der Waals surface area contributed by atoms with Gasteiger partial charge in [-0.1, -0.05) is 98.6 Å². The van der Waals surface area contributed by atoms with E-state index in [9.17, 15) is 28.8 Å². The lowest BCUT2D eigenvalue weighted by molar-refractivity contribution is -0.151. The van der Waals surface area contributed by atoms with Crippen LogP contribution in [-0.2, 0) is 28.8 Å². The summed E-state index contributed by atoms with van der Waals surface area (Å²) in [5.41, 5.74) is 0. The molecule has 2 heterocycles. The van der Waals surface area contributed by atoms with Gasteiger partial charge in [-0.3, -0.25) is 28.8 Å². The first-order chi connectivity index (χ1) is 19.4. The zero-order valence-corrected chi connectivity index (χ0v) is 25.8. The predicted molar refractivity (Wildman–Crippen MR) is 160 cm³/mol. The van der Waals surface area contributed by atoms with E-state index < -0.39 is 0 Å². The van der Waals surface area contributed by atoms with Crippen LogP contribution < -0.4 is 0 Å². The topological polar surface area (TPSA) is 109 Å². The summed E-state index contributed by atoms with van der Waals surface area (Å²) in [4.78, 5) is 71.9. The highest BCUT2D eigenvalue weighted by Gasteiger charge is 2.34. The summed E-state index contributed by atoms with van der Waals surface area (Å²) in [6, 6.07) is 0. The van der Waals surface area contributed by atoms with Crippen molar-refractivity contribution in [2.75, 3.05) is 11.5 Å². The molecule has 0 aromatic carbocycles. The fraction of sp³-hybridized carbons (Fsp3) is 0.800. The molecule has 0 spiro atoms. The van der Waals surface area contributed by atoms with Gasteiger partial charge in [0.15, 0.2) is 0 Å². The number of likely N-dealkylation sites (tertiary alicyclic amines) is 2. The number of unbranched alkanes of at least 4 members (excludes halogenated alkanes) is 14. The van der Waals surface area contributed by atoms with Crippen LogP contribution in [-0.4, -0.2) is 56.7 Å².